The zero-order valence-electron chi connectivity index (χ0n) is 12.4. The van der Waals surface area contributed by atoms with E-state index in [1.807, 2.05) is 0 Å². The summed E-state index contributed by atoms with van der Waals surface area (Å²) in [5, 5.41) is 3.56. The van der Waals surface area contributed by atoms with Crippen molar-refractivity contribution in [1.29, 1.82) is 0 Å². The second kappa shape index (κ2) is 5.79. The lowest BCUT2D eigenvalue weighted by Crippen LogP contribution is -2.24. The first kappa shape index (κ1) is 13.9. The van der Waals surface area contributed by atoms with Gasteiger partial charge in [-0.3, -0.25) is 0 Å². The first-order valence-corrected chi connectivity index (χ1v) is 9.76. The average molecular weight is 316 g/mol. The van der Waals surface area contributed by atoms with Crippen LogP contribution in [-0.2, 0) is 18.6 Å². The number of thioether (sulfide) groups is 1. The minimum Gasteiger partial charge on any atom is -0.312 e. The normalized spacial score (nSPS) is 21.3. The molecule has 110 valence electrons. The quantitative estimate of drug-likeness (QED) is 0.890. The fraction of sp³-hybridized carbons (Fsp3) is 0.444. The largest absolute Gasteiger partial charge is 0.312 e. The van der Waals surface area contributed by atoms with Gasteiger partial charge in [0.1, 0.15) is 0 Å². The van der Waals surface area contributed by atoms with E-state index in [0.29, 0.717) is 6.04 Å². The molecule has 1 aliphatic carbocycles. The van der Waals surface area contributed by atoms with Gasteiger partial charge in [0, 0.05) is 21.5 Å². The third-order valence-corrected chi connectivity index (χ3v) is 7.18. The van der Waals surface area contributed by atoms with Crippen molar-refractivity contribution >= 4 is 23.1 Å². The Balaban J connectivity index is 1.52. The van der Waals surface area contributed by atoms with Crippen LogP contribution < -0.4 is 5.32 Å². The van der Waals surface area contributed by atoms with Crippen LogP contribution in [0.4, 0.5) is 0 Å². The van der Waals surface area contributed by atoms with Crippen LogP contribution in [0.25, 0.3) is 0 Å². The van der Waals surface area contributed by atoms with E-state index in [1.165, 1.54) is 30.8 Å². The van der Waals surface area contributed by atoms with Crippen LogP contribution in [0.15, 0.2) is 30.3 Å². The van der Waals surface area contributed by atoms with Crippen LogP contribution in [0, 0.1) is 0 Å². The zero-order chi connectivity index (χ0) is 14.2. The van der Waals surface area contributed by atoms with Crippen LogP contribution in [-0.4, -0.2) is 12.8 Å². The highest BCUT2D eigenvalue weighted by atomic mass is 32.2. The third-order valence-electron chi connectivity index (χ3n) is 4.82. The Labute approximate surface area is 135 Å². The molecule has 2 unspecified atom stereocenters. The summed E-state index contributed by atoms with van der Waals surface area (Å²) in [7, 11) is 2.11. The van der Waals surface area contributed by atoms with Gasteiger partial charge < -0.3 is 5.32 Å². The molecule has 1 aliphatic heterocycles. The molecule has 21 heavy (non-hydrogen) atoms. The van der Waals surface area contributed by atoms with Gasteiger partial charge >= 0.3 is 0 Å². The Morgan fingerprint density at radius 3 is 3.00 bits per heavy atom. The zero-order valence-corrected chi connectivity index (χ0v) is 14.0. The summed E-state index contributed by atoms with van der Waals surface area (Å²) >= 11 is 4.13. The van der Waals surface area contributed by atoms with Gasteiger partial charge in [-0.25, -0.2) is 0 Å². The van der Waals surface area contributed by atoms with Gasteiger partial charge in [0.15, 0.2) is 0 Å². The van der Waals surface area contributed by atoms with Crippen molar-refractivity contribution < 1.29 is 0 Å². The van der Waals surface area contributed by atoms with Crippen LogP contribution in [0.3, 0.4) is 0 Å². The topological polar surface area (TPSA) is 12.0 Å². The highest BCUT2D eigenvalue weighted by molar-refractivity contribution is 7.98. The first-order chi connectivity index (χ1) is 10.3. The predicted octanol–water partition coefficient (Wildman–Crippen LogP) is 4.53. The molecule has 3 heteroatoms. The van der Waals surface area contributed by atoms with Gasteiger partial charge in [0.25, 0.3) is 0 Å². The maximum absolute atomic E-state index is 3.56. The summed E-state index contributed by atoms with van der Waals surface area (Å²) in [5.41, 5.74) is 4.73. The highest BCUT2D eigenvalue weighted by Gasteiger charge is 2.29. The molecule has 2 aliphatic rings. The molecule has 2 heterocycles. The van der Waals surface area contributed by atoms with E-state index in [4.69, 9.17) is 0 Å². The van der Waals surface area contributed by atoms with Gasteiger partial charge in [-0.15, -0.1) is 11.3 Å². The summed E-state index contributed by atoms with van der Waals surface area (Å²) in [6.45, 7) is 0. The molecule has 1 N–H and O–H groups in total. The Morgan fingerprint density at radius 2 is 2.19 bits per heavy atom. The van der Waals surface area contributed by atoms with Gasteiger partial charge in [-0.05, 0) is 60.7 Å². The molecule has 1 nitrogen and oxygen atoms in total. The Morgan fingerprint density at radius 1 is 1.29 bits per heavy atom. The van der Waals surface area contributed by atoms with Crippen molar-refractivity contribution in [3.05, 3.63) is 56.8 Å². The number of thiophene rings is 1. The lowest BCUT2D eigenvalue weighted by Gasteiger charge is -2.32. The standard InChI is InChI=1S/C18H21NS2/c1-19-16(9-13-8-12-4-2-3-5-15(12)13)18-10-14-11-20-7-6-17(14)21-18/h2-5,10,13,16,19H,6-9,11H2,1H3. The second-order valence-electron chi connectivity index (χ2n) is 6.08. The Kier molecular flexibility index (Phi) is 3.82. The van der Waals surface area contributed by atoms with Crippen molar-refractivity contribution in [2.45, 2.75) is 37.0 Å². The van der Waals surface area contributed by atoms with Crippen molar-refractivity contribution in [1.82, 2.24) is 5.32 Å². The van der Waals surface area contributed by atoms with Crippen molar-refractivity contribution in [2.75, 3.05) is 12.8 Å². The van der Waals surface area contributed by atoms with E-state index in [9.17, 15) is 0 Å². The van der Waals surface area contributed by atoms with Crippen molar-refractivity contribution in [2.24, 2.45) is 0 Å². The van der Waals surface area contributed by atoms with Gasteiger partial charge in [0.2, 0.25) is 0 Å². The molecule has 0 saturated heterocycles. The Hall–Kier alpha value is -0.770. The molecule has 2 aromatic rings. The summed E-state index contributed by atoms with van der Waals surface area (Å²) in [5.74, 6) is 3.26. The second-order valence-corrected chi connectivity index (χ2v) is 8.35. The van der Waals surface area contributed by atoms with Gasteiger partial charge in [-0.2, -0.15) is 11.8 Å². The number of aryl methyl sites for hydroxylation is 1. The summed E-state index contributed by atoms with van der Waals surface area (Å²) in [6, 6.07) is 11.9. The lowest BCUT2D eigenvalue weighted by atomic mass is 9.74. The van der Waals surface area contributed by atoms with Crippen LogP contribution >= 0.6 is 23.1 Å². The maximum atomic E-state index is 3.56. The molecule has 4 rings (SSSR count). The van der Waals surface area contributed by atoms with Crippen LogP contribution in [0.2, 0.25) is 0 Å². The van der Waals surface area contributed by atoms with Crippen LogP contribution in [0.1, 0.15) is 44.8 Å². The van der Waals surface area contributed by atoms with Gasteiger partial charge in [-0.1, -0.05) is 24.3 Å². The molecule has 0 saturated carbocycles. The maximum Gasteiger partial charge on any atom is 0.0418 e. The average Bonchev–Trinajstić information content (AvgIpc) is 2.92. The van der Waals surface area contributed by atoms with E-state index >= 15 is 0 Å². The number of nitrogens with one attached hydrogen (secondary N) is 1. The smallest absolute Gasteiger partial charge is 0.0418 e. The number of rotatable bonds is 4. The van der Waals surface area contributed by atoms with Crippen molar-refractivity contribution in [3.63, 3.8) is 0 Å². The minimum absolute atomic E-state index is 0.518. The number of benzene rings is 1. The molecule has 0 amide bonds. The van der Waals surface area contributed by atoms with Gasteiger partial charge in [0.05, 0.1) is 0 Å². The predicted molar refractivity (Wildman–Crippen MR) is 93.5 cm³/mol. The Bertz CT molecular complexity index is 623. The molecule has 0 fully saturated rings. The monoisotopic (exact) mass is 315 g/mol. The molecule has 2 atom stereocenters. The molecular formula is C18H21NS2. The third kappa shape index (κ3) is 2.56. The summed E-state index contributed by atoms with van der Waals surface area (Å²) in [6.07, 6.45) is 3.77. The van der Waals surface area contributed by atoms with E-state index in [-0.39, 0.29) is 0 Å². The summed E-state index contributed by atoms with van der Waals surface area (Å²) in [4.78, 5) is 3.19. The summed E-state index contributed by atoms with van der Waals surface area (Å²) < 4.78 is 0. The fourth-order valence-electron chi connectivity index (χ4n) is 3.58. The highest BCUT2D eigenvalue weighted by Crippen LogP contribution is 2.43. The van der Waals surface area contributed by atoms with E-state index < -0.39 is 0 Å². The number of hydrogen-bond acceptors (Lipinski definition) is 3. The molecule has 1 aromatic heterocycles. The molecular weight excluding hydrogens is 294 g/mol. The molecule has 0 radical (unpaired) electrons. The minimum atomic E-state index is 0.518. The SMILES string of the molecule is CNC(CC1Cc2ccccc21)c1cc2c(s1)CCSC2. The molecule has 1 aromatic carbocycles. The van der Waals surface area contributed by atoms with Crippen molar-refractivity contribution in [3.8, 4) is 0 Å². The van der Waals surface area contributed by atoms with Crippen LogP contribution in [0.5, 0.6) is 0 Å². The fourth-order valence-corrected chi connectivity index (χ4v) is 6.07. The number of fused-ring (bicyclic) bond motifs is 2. The molecule has 0 bridgehead atoms. The molecule has 0 spiro atoms. The first-order valence-electron chi connectivity index (χ1n) is 7.79. The number of hydrogen-bond donors (Lipinski definition) is 1. The van der Waals surface area contributed by atoms with E-state index in [1.54, 1.807) is 26.4 Å². The van der Waals surface area contributed by atoms with E-state index in [0.717, 1.165) is 5.92 Å². The van der Waals surface area contributed by atoms with E-state index in [2.05, 4.69) is 65.8 Å². The lowest BCUT2D eigenvalue weighted by molar-refractivity contribution is 0.457.